The molecule has 4 atom stereocenters. The molecule has 5 N–H and O–H groups in total. The van der Waals surface area contributed by atoms with E-state index in [4.69, 9.17) is 16.7 Å². The smallest absolute Gasteiger partial charge is 0.333 e. The maximum Gasteiger partial charge on any atom is 0.333 e. The van der Waals surface area contributed by atoms with Crippen LogP contribution in [0.25, 0.3) is 0 Å². The maximum atomic E-state index is 12.0. The molecule has 7 nitrogen and oxygen atoms in total. The summed E-state index contributed by atoms with van der Waals surface area (Å²) >= 11 is 5.91. The molecule has 2 aliphatic rings. The molecule has 2 aliphatic carbocycles. The highest BCUT2D eigenvalue weighted by Crippen LogP contribution is 2.49. The standard InChI is InChI=1S/C21H28ClN3O4/c22-15-5-3-6-16(11-15)24-21(29)25-23-12-18-17-9-13(4-1-2-7-20(27)28)8-14(17)10-19(18)26/h3-6,11,14,17-19,23,26H,1-2,7-10,12H2,(H,27,28)(H2,24,25,29)/b13-4-/t14-,17-,18-,19+/m0/s1. The van der Waals surface area contributed by atoms with Gasteiger partial charge in [-0.3, -0.25) is 10.2 Å². The zero-order chi connectivity index (χ0) is 20.8. The lowest BCUT2D eigenvalue weighted by Crippen LogP contribution is -2.44. The first-order chi connectivity index (χ1) is 13.9. The van der Waals surface area contributed by atoms with E-state index in [1.165, 1.54) is 5.57 Å². The molecule has 0 heterocycles. The summed E-state index contributed by atoms with van der Waals surface area (Å²) in [7, 11) is 0. The predicted molar refractivity (Wildman–Crippen MR) is 112 cm³/mol. The van der Waals surface area contributed by atoms with Crippen LogP contribution in [0, 0.1) is 17.8 Å². The zero-order valence-corrected chi connectivity index (χ0v) is 17.0. The maximum absolute atomic E-state index is 12.0. The molecule has 0 unspecified atom stereocenters. The normalized spacial score (nSPS) is 27.0. The monoisotopic (exact) mass is 421 g/mol. The Kier molecular flexibility index (Phi) is 7.52. The molecule has 1 aromatic carbocycles. The second-order valence-corrected chi connectivity index (χ2v) is 8.35. The van der Waals surface area contributed by atoms with E-state index in [0.29, 0.717) is 35.5 Å². The van der Waals surface area contributed by atoms with Gasteiger partial charge < -0.3 is 15.5 Å². The number of fused-ring (bicyclic) bond motifs is 1. The molecule has 0 bridgehead atoms. The minimum absolute atomic E-state index is 0.0800. The average molecular weight is 422 g/mol. The van der Waals surface area contributed by atoms with Crippen LogP contribution in [0.4, 0.5) is 10.5 Å². The first-order valence-electron chi connectivity index (χ1n) is 10.1. The number of carboxylic acid groups (broad SMARTS) is 1. The van der Waals surface area contributed by atoms with Gasteiger partial charge in [0.2, 0.25) is 0 Å². The Bertz CT molecular complexity index is 770. The van der Waals surface area contributed by atoms with Crippen LogP contribution in [0.2, 0.25) is 5.02 Å². The van der Waals surface area contributed by atoms with E-state index in [0.717, 1.165) is 25.7 Å². The van der Waals surface area contributed by atoms with Crippen molar-refractivity contribution < 1.29 is 19.8 Å². The number of anilines is 1. The Morgan fingerprint density at radius 2 is 2.10 bits per heavy atom. The number of rotatable bonds is 8. The fourth-order valence-electron chi connectivity index (χ4n) is 4.56. The largest absolute Gasteiger partial charge is 0.481 e. The molecule has 0 saturated heterocycles. The topological polar surface area (TPSA) is 111 Å². The number of aliphatic carboxylic acids is 1. The Morgan fingerprint density at radius 3 is 2.86 bits per heavy atom. The van der Waals surface area contributed by atoms with Crippen molar-refractivity contribution in [1.82, 2.24) is 10.9 Å². The van der Waals surface area contributed by atoms with Crippen LogP contribution >= 0.6 is 11.6 Å². The highest BCUT2D eigenvalue weighted by atomic mass is 35.5. The van der Waals surface area contributed by atoms with Gasteiger partial charge in [-0.15, -0.1) is 0 Å². The summed E-state index contributed by atoms with van der Waals surface area (Å²) in [5.74, 6) is 0.174. The van der Waals surface area contributed by atoms with Gasteiger partial charge in [-0.2, -0.15) is 0 Å². The summed E-state index contributed by atoms with van der Waals surface area (Å²) in [6.07, 6.45) is 6.15. The van der Waals surface area contributed by atoms with Gasteiger partial charge in [0.25, 0.3) is 0 Å². The Balaban J connectivity index is 1.43. The molecule has 0 aliphatic heterocycles. The third kappa shape index (κ3) is 6.19. The number of aliphatic hydroxyl groups is 1. The van der Waals surface area contributed by atoms with Gasteiger partial charge >= 0.3 is 12.0 Å². The van der Waals surface area contributed by atoms with Crippen molar-refractivity contribution in [3.05, 3.63) is 40.9 Å². The van der Waals surface area contributed by atoms with Gasteiger partial charge in [0.1, 0.15) is 0 Å². The molecule has 1 aromatic rings. The van der Waals surface area contributed by atoms with E-state index in [-0.39, 0.29) is 24.5 Å². The number of allylic oxidation sites excluding steroid dienone is 2. The van der Waals surface area contributed by atoms with Crippen LogP contribution in [-0.4, -0.2) is 34.9 Å². The fraction of sp³-hybridized carbons (Fsp3) is 0.524. The molecule has 3 rings (SSSR count). The van der Waals surface area contributed by atoms with E-state index in [2.05, 4.69) is 22.2 Å². The fourth-order valence-corrected chi connectivity index (χ4v) is 4.75. The number of hydrogen-bond acceptors (Lipinski definition) is 4. The van der Waals surface area contributed by atoms with Crippen LogP contribution in [-0.2, 0) is 4.79 Å². The van der Waals surface area contributed by atoms with Crippen molar-refractivity contribution >= 4 is 29.3 Å². The summed E-state index contributed by atoms with van der Waals surface area (Å²) in [4.78, 5) is 22.6. The number of aliphatic hydroxyl groups excluding tert-OH is 1. The molecule has 2 fully saturated rings. The van der Waals surface area contributed by atoms with Crippen molar-refractivity contribution in [3.8, 4) is 0 Å². The first kappa shape index (κ1) is 21.6. The lowest BCUT2D eigenvalue weighted by Gasteiger charge is -2.21. The van der Waals surface area contributed by atoms with E-state index in [9.17, 15) is 14.7 Å². The highest BCUT2D eigenvalue weighted by Gasteiger charge is 2.45. The molecule has 29 heavy (non-hydrogen) atoms. The van der Waals surface area contributed by atoms with Gasteiger partial charge in [0.15, 0.2) is 0 Å². The molecule has 0 aromatic heterocycles. The number of benzene rings is 1. The van der Waals surface area contributed by atoms with Crippen molar-refractivity contribution in [3.63, 3.8) is 0 Å². The molecular weight excluding hydrogens is 394 g/mol. The summed E-state index contributed by atoms with van der Waals surface area (Å²) in [5.41, 5.74) is 7.53. The second kappa shape index (κ2) is 10.1. The number of carbonyl (C=O) groups is 2. The molecular formula is C21H28ClN3O4. The average Bonchev–Trinajstić information content (AvgIpc) is 3.16. The Morgan fingerprint density at radius 1 is 1.28 bits per heavy atom. The minimum atomic E-state index is -0.757. The molecule has 2 amide bonds. The lowest BCUT2D eigenvalue weighted by atomic mass is 9.91. The number of carboxylic acids is 1. The minimum Gasteiger partial charge on any atom is -0.481 e. The number of nitrogens with one attached hydrogen (secondary N) is 3. The summed E-state index contributed by atoms with van der Waals surface area (Å²) in [6.45, 7) is 0.498. The lowest BCUT2D eigenvalue weighted by molar-refractivity contribution is -0.137. The van der Waals surface area contributed by atoms with Gasteiger partial charge in [-0.1, -0.05) is 29.3 Å². The van der Waals surface area contributed by atoms with Gasteiger partial charge in [-0.05, 0) is 62.1 Å². The molecule has 0 radical (unpaired) electrons. The number of amides is 2. The van der Waals surface area contributed by atoms with Crippen molar-refractivity contribution in [2.75, 3.05) is 11.9 Å². The highest BCUT2D eigenvalue weighted by molar-refractivity contribution is 6.30. The SMILES string of the molecule is O=C(O)CCC/C=C1/C[C@H]2C[C@@H](O)[C@@H](CNNC(=O)Nc3cccc(Cl)c3)[C@H]2C1. The van der Waals surface area contributed by atoms with E-state index in [1.807, 2.05) is 0 Å². The summed E-state index contributed by atoms with van der Waals surface area (Å²) in [6, 6.07) is 6.51. The third-order valence-corrected chi connectivity index (χ3v) is 6.10. The number of hydrogen-bond donors (Lipinski definition) is 5. The van der Waals surface area contributed by atoms with Crippen molar-refractivity contribution in [2.24, 2.45) is 17.8 Å². The van der Waals surface area contributed by atoms with E-state index in [1.54, 1.807) is 24.3 Å². The summed E-state index contributed by atoms with van der Waals surface area (Å²) in [5, 5.41) is 22.4. The molecule has 0 spiro atoms. The van der Waals surface area contributed by atoms with E-state index < -0.39 is 5.97 Å². The second-order valence-electron chi connectivity index (χ2n) is 7.92. The molecule has 8 heteroatoms. The number of urea groups is 1. The van der Waals surface area contributed by atoms with Crippen molar-refractivity contribution in [2.45, 2.75) is 44.6 Å². The molecule has 2 saturated carbocycles. The number of unbranched alkanes of at least 4 members (excludes halogenated alkanes) is 1. The first-order valence-corrected chi connectivity index (χ1v) is 10.4. The van der Waals surface area contributed by atoms with Crippen LogP contribution in [0.15, 0.2) is 35.9 Å². The Hall–Kier alpha value is -2.09. The van der Waals surface area contributed by atoms with Crippen LogP contribution in [0.5, 0.6) is 0 Å². The van der Waals surface area contributed by atoms with Crippen LogP contribution in [0.1, 0.15) is 38.5 Å². The van der Waals surface area contributed by atoms with Gasteiger partial charge in [0, 0.05) is 29.6 Å². The third-order valence-electron chi connectivity index (χ3n) is 5.87. The quantitative estimate of drug-likeness (QED) is 0.250. The van der Waals surface area contributed by atoms with Gasteiger partial charge in [-0.25, -0.2) is 10.2 Å². The van der Waals surface area contributed by atoms with Crippen LogP contribution in [0.3, 0.4) is 0 Å². The van der Waals surface area contributed by atoms with Crippen molar-refractivity contribution in [1.29, 1.82) is 0 Å². The van der Waals surface area contributed by atoms with Crippen LogP contribution < -0.4 is 16.2 Å². The number of carbonyl (C=O) groups excluding carboxylic acids is 1. The summed E-state index contributed by atoms with van der Waals surface area (Å²) < 4.78 is 0. The number of hydrazine groups is 1. The zero-order valence-electron chi connectivity index (χ0n) is 16.2. The molecule has 158 valence electrons. The van der Waals surface area contributed by atoms with E-state index >= 15 is 0 Å². The Labute approximate surface area is 175 Å². The van der Waals surface area contributed by atoms with Gasteiger partial charge in [0.05, 0.1) is 6.10 Å². The predicted octanol–water partition coefficient (Wildman–Crippen LogP) is 3.55. The number of halogens is 1.